The second kappa shape index (κ2) is 10.1. The molecule has 1 aliphatic carbocycles. The van der Waals surface area contributed by atoms with Crippen molar-refractivity contribution in [3.05, 3.63) is 35.5 Å². The van der Waals surface area contributed by atoms with Crippen LogP contribution in [-0.2, 0) is 23.8 Å². The van der Waals surface area contributed by atoms with Crippen molar-refractivity contribution < 1.29 is 39.1 Å². The summed E-state index contributed by atoms with van der Waals surface area (Å²) in [4.78, 5) is 24.6. The zero-order chi connectivity index (χ0) is 25.3. The fourth-order valence-electron chi connectivity index (χ4n) is 4.03. The normalized spacial score (nSPS) is 31.8. The molecule has 1 saturated heterocycles. The van der Waals surface area contributed by atoms with Gasteiger partial charge in [0.2, 0.25) is 0 Å². The third-order valence-electron chi connectivity index (χ3n) is 6.86. The number of ether oxygens (including phenoxy) is 3. The third-order valence-corrected chi connectivity index (χ3v) is 6.86. The Morgan fingerprint density at radius 1 is 1.21 bits per heavy atom. The highest BCUT2D eigenvalue weighted by Crippen LogP contribution is 2.52. The Bertz CT molecular complexity index is 836. The smallest absolute Gasteiger partial charge is 0.333 e. The second-order valence-corrected chi connectivity index (χ2v) is 9.77. The predicted molar refractivity (Wildman–Crippen MR) is 122 cm³/mol. The molecule has 0 bridgehead atoms. The first-order chi connectivity index (χ1) is 15.2. The summed E-state index contributed by atoms with van der Waals surface area (Å²) in [6, 6.07) is 0. The van der Waals surface area contributed by atoms with Crippen LogP contribution in [0.4, 0.5) is 0 Å². The molecule has 8 nitrogen and oxygen atoms in total. The number of hydrogen-bond donors (Lipinski definition) is 3. The van der Waals surface area contributed by atoms with Crippen molar-refractivity contribution in [2.45, 2.75) is 103 Å². The summed E-state index contributed by atoms with van der Waals surface area (Å²) >= 11 is 0. The number of rotatable bonds is 9. The molecule has 1 aliphatic heterocycles. The van der Waals surface area contributed by atoms with Crippen molar-refractivity contribution in [1.82, 2.24) is 0 Å². The van der Waals surface area contributed by atoms with Crippen LogP contribution < -0.4 is 0 Å². The largest absolute Gasteiger partial charge is 0.456 e. The van der Waals surface area contributed by atoms with Gasteiger partial charge in [-0.3, -0.25) is 0 Å². The van der Waals surface area contributed by atoms with E-state index in [0.717, 1.165) is 0 Å². The second-order valence-electron chi connectivity index (χ2n) is 9.77. The van der Waals surface area contributed by atoms with E-state index in [0.29, 0.717) is 23.1 Å². The van der Waals surface area contributed by atoms with Crippen molar-refractivity contribution in [1.29, 1.82) is 0 Å². The number of epoxide rings is 1. The molecule has 0 radical (unpaired) electrons. The zero-order valence-electron chi connectivity index (χ0n) is 20.6. The predicted octanol–water partition coefficient (Wildman–Crippen LogP) is 2.36. The molecule has 0 aromatic heterocycles. The SMILES string of the molecule is C=C(C(O)CC(OC(=O)/C(C)=C\C)C(C)(C)O)[C@H]1C[C@H]2O[C@@]2(C)[C@@H](OC(=O)/C(C)=C\C)[C@H]1O. The van der Waals surface area contributed by atoms with E-state index in [1.165, 1.54) is 13.8 Å². The Labute approximate surface area is 195 Å². The number of carbonyl (C=O) groups is 2. The molecule has 2 unspecified atom stereocenters. The molecule has 0 spiro atoms. The summed E-state index contributed by atoms with van der Waals surface area (Å²) in [7, 11) is 0. The van der Waals surface area contributed by atoms with Crippen LogP contribution in [0.3, 0.4) is 0 Å². The van der Waals surface area contributed by atoms with Crippen molar-refractivity contribution in [2.75, 3.05) is 0 Å². The molecule has 0 amide bonds. The van der Waals surface area contributed by atoms with Gasteiger partial charge in [-0.05, 0) is 60.5 Å². The summed E-state index contributed by atoms with van der Waals surface area (Å²) in [5.74, 6) is -1.74. The van der Waals surface area contributed by atoms with E-state index in [1.807, 2.05) is 0 Å². The summed E-state index contributed by atoms with van der Waals surface area (Å²) in [6.07, 6.45) is -1.00. The number of fused-ring (bicyclic) bond motifs is 1. The van der Waals surface area contributed by atoms with Crippen molar-refractivity contribution >= 4 is 11.9 Å². The van der Waals surface area contributed by atoms with Crippen LogP contribution in [0.2, 0.25) is 0 Å². The molecule has 8 heteroatoms. The molecule has 0 aromatic carbocycles. The number of aliphatic hydroxyl groups excluding tert-OH is 2. The van der Waals surface area contributed by atoms with Gasteiger partial charge in [-0.15, -0.1) is 0 Å². The van der Waals surface area contributed by atoms with Gasteiger partial charge in [-0.1, -0.05) is 18.7 Å². The van der Waals surface area contributed by atoms with Crippen LogP contribution >= 0.6 is 0 Å². The van der Waals surface area contributed by atoms with Gasteiger partial charge in [0, 0.05) is 23.5 Å². The lowest BCUT2D eigenvalue weighted by Gasteiger charge is -2.38. The maximum atomic E-state index is 12.3. The highest BCUT2D eigenvalue weighted by atomic mass is 16.7. The Hall–Kier alpha value is -2.00. The quantitative estimate of drug-likeness (QED) is 0.205. The number of esters is 2. The van der Waals surface area contributed by atoms with Gasteiger partial charge in [-0.25, -0.2) is 9.59 Å². The van der Waals surface area contributed by atoms with E-state index in [-0.39, 0.29) is 12.5 Å². The minimum Gasteiger partial charge on any atom is -0.456 e. The molecular formula is C25H38O8. The molecule has 2 rings (SSSR count). The lowest BCUT2D eigenvalue weighted by molar-refractivity contribution is -0.161. The minimum absolute atomic E-state index is 0.112. The van der Waals surface area contributed by atoms with Crippen LogP contribution in [-0.4, -0.2) is 69.0 Å². The number of allylic oxidation sites excluding steroid dienone is 2. The molecule has 1 saturated carbocycles. The Morgan fingerprint density at radius 2 is 1.76 bits per heavy atom. The van der Waals surface area contributed by atoms with Gasteiger partial charge in [0.05, 0.1) is 17.8 Å². The average molecular weight is 467 g/mol. The van der Waals surface area contributed by atoms with E-state index in [9.17, 15) is 24.9 Å². The maximum Gasteiger partial charge on any atom is 0.333 e. The molecule has 2 aliphatic rings. The van der Waals surface area contributed by atoms with Gasteiger partial charge in [0.15, 0.2) is 6.10 Å². The van der Waals surface area contributed by atoms with Gasteiger partial charge < -0.3 is 29.5 Å². The van der Waals surface area contributed by atoms with Crippen molar-refractivity contribution in [3.8, 4) is 0 Å². The summed E-state index contributed by atoms with van der Waals surface area (Å²) < 4.78 is 16.8. The highest BCUT2D eigenvalue weighted by molar-refractivity contribution is 5.88. The van der Waals surface area contributed by atoms with Gasteiger partial charge >= 0.3 is 11.9 Å². The van der Waals surface area contributed by atoms with Gasteiger partial charge in [-0.2, -0.15) is 0 Å². The van der Waals surface area contributed by atoms with Gasteiger partial charge in [0.25, 0.3) is 0 Å². The number of carbonyl (C=O) groups excluding carboxylic acids is 2. The summed E-state index contributed by atoms with van der Waals surface area (Å²) in [5.41, 5.74) is -1.12. The van der Waals surface area contributed by atoms with E-state index >= 15 is 0 Å². The first kappa shape index (κ1) is 27.2. The topological polar surface area (TPSA) is 126 Å². The van der Waals surface area contributed by atoms with E-state index < -0.39 is 53.5 Å². The van der Waals surface area contributed by atoms with Crippen LogP contribution in [0, 0.1) is 5.92 Å². The molecule has 33 heavy (non-hydrogen) atoms. The fourth-order valence-corrected chi connectivity index (χ4v) is 4.03. The Balaban J connectivity index is 2.16. The lowest BCUT2D eigenvalue weighted by atomic mass is 9.73. The Kier molecular flexibility index (Phi) is 8.33. The van der Waals surface area contributed by atoms with E-state index in [4.69, 9.17) is 14.2 Å². The van der Waals surface area contributed by atoms with Crippen LogP contribution in [0.15, 0.2) is 35.5 Å². The first-order valence-corrected chi connectivity index (χ1v) is 11.3. The first-order valence-electron chi connectivity index (χ1n) is 11.3. The molecule has 2 fully saturated rings. The third kappa shape index (κ3) is 5.93. The fraction of sp³-hybridized carbons (Fsp3) is 0.680. The summed E-state index contributed by atoms with van der Waals surface area (Å²) in [5, 5.41) is 32.5. The van der Waals surface area contributed by atoms with Crippen LogP contribution in [0.1, 0.15) is 61.3 Å². The standard InChI is InChI=1S/C25H38O8/c1-9-13(3)22(28)31-18(24(6,7)30)12-17(26)15(5)16-11-19-25(8,33-19)21(20(16)27)32-23(29)14(4)10-2/h9-10,16-21,26-27,30H,5,11-12H2,1-4,6-8H3/b13-9-,14-10-/t16-,17?,18?,19-,20+,21+,25-/m1/s1. The Morgan fingerprint density at radius 3 is 2.27 bits per heavy atom. The highest BCUT2D eigenvalue weighted by Gasteiger charge is 2.67. The van der Waals surface area contributed by atoms with Crippen molar-refractivity contribution in [3.63, 3.8) is 0 Å². The monoisotopic (exact) mass is 466 g/mol. The molecule has 186 valence electrons. The average Bonchev–Trinajstić information content (AvgIpc) is 3.43. The van der Waals surface area contributed by atoms with Crippen molar-refractivity contribution in [2.24, 2.45) is 5.92 Å². The zero-order valence-corrected chi connectivity index (χ0v) is 20.6. The van der Waals surface area contributed by atoms with E-state index in [1.54, 1.807) is 46.8 Å². The molecule has 0 aromatic rings. The number of hydrogen-bond acceptors (Lipinski definition) is 8. The van der Waals surface area contributed by atoms with Gasteiger partial charge in [0.1, 0.15) is 17.8 Å². The van der Waals surface area contributed by atoms with Crippen LogP contribution in [0.5, 0.6) is 0 Å². The van der Waals surface area contributed by atoms with Crippen LogP contribution in [0.25, 0.3) is 0 Å². The summed E-state index contributed by atoms with van der Waals surface area (Å²) in [6.45, 7) is 15.4. The minimum atomic E-state index is -1.42. The van der Waals surface area contributed by atoms with E-state index in [2.05, 4.69) is 6.58 Å². The molecular weight excluding hydrogens is 428 g/mol. The lowest BCUT2D eigenvalue weighted by Crippen LogP contribution is -2.52. The molecule has 1 heterocycles. The molecule has 7 atom stereocenters. The number of aliphatic hydroxyl groups is 3. The molecule has 3 N–H and O–H groups in total. The maximum absolute atomic E-state index is 12.3.